The lowest BCUT2D eigenvalue weighted by atomic mass is 9.98. The molecule has 0 unspecified atom stereocenters. The molecular weight excluding hydrogens is 397 g/mol. The minimum absolute atomic E-state index is 0.273. The van der Waals surface area contributed by atoms with E-state index < -0.39 is 5.82 Å². The summed E-state index contributed by atoms with van der Waals surface area (Å²) in [5.74, 6) is -0.252. The molecule has 6 nitrogen and oxygen atoms in total. The molecule has 158 valence electrons. The highest BCUT2D eigenvalue weighted by Crippen LogP contribution is 2.17. The van der Waals surface area contributed by atoms with Crippen molar-refractivity contribution in [3.63, 3.8) is 0 Å². The van der Waals surface area contributed by atoms with E-state index in [-0.39, 0.29) is 22.8 Å². The van der Waals surface area contributed by atoms with Gasteiger partial charge in [-0.3, -0.25) is 9.59 Å². The average molecular weight is 419 g/mol. The molecule has 7 heteroatoms. The number of rotatable bonds is 6. The zero-order valence-corrected chi connectivity index (χ0v) is 16.9. The number of hydrogen-bond acceptors (Lipinski definition) is 5. The first-order valence-corrected chi connectivity index (χ1v) is 10.1. The normalized spacial score (nSPS) is 13.6. The highest BCUT2D eigenvalue weighted by atomic mass is 19.1. The van der Waals surface area contributed by atoms with Crippen LogP contribution in [0.2, 0.25) is 0 Å². The zero-order chi connectivity index (χ0) is 21.6. The van der Waals surface area contributed by atoms with E-state index in [4.69, 9.17) is 4.74 Å². The number of carbonyl (C=O) groups is 2. The number of hydrogen-bond donors (Lipinski definition) is 1. The Kier molecular flexibility index (Phi) is 6.33. The third-order valence-corrected chi connectivity index (χ3v) is 5.12. The van der Waals surface area contributed by atoms with Crippen molar-refractivity contribution in [1.29, 1.82) is 0 Å². The Labute approximate surface area is 179 Å². The lowest BCUT2D eigenvalue weighted by Crippen LogP contribution is -2.36. The van der Waals surface area contributed by atoms with E-state index in [9.17, 15) is 14.0 Å². The molecule has 4 rings (SSSR count). The Balaban J connectivity index is 1.47. The molecule has 0 saturated carbocycles. The van der Waals surface area contributed by atoms with Crippen LogP contribution in [-0.2, 0) is 11.3 Å². The van der Waals surface area contributed by atoms with E-state index in [1.54, 1.807) is 30.5 Å². The fourth-order valence-electron chi connectivity index (χ4n) is 3.45. The summed E-state index contributed by atoms with van der Waals surface area (Å²) in [7, 11) is 0. The van der Waals surface area contributed by atoms with Gasteiger partial charge in [0.1, 0.15) is 11.6 Å². The quantitative estimate of drug-likeness (QED) is 0.622. The molecule has 1 fully saturated rings. The number of nitrogens with zero attached hydrogens (tertiary/aromatic N) is 2. The van der Waals surface area contributed by atoms with E-state index in [1.165, 1.54) is 24.3 Å². The molecule has 1 amide bonds. The second kappa shape index (κ2) is 9.49. The van der Waals surface area contributed by atoms with Gasteiger partial charge in [-0.25, -0.2) is 9.37 Å². The number of aromatic nitrogens is 1. The first-order valence-electron chi connectivity index (χ1n) is 10.1. The van der Waals surface area contributed by atoms with Crippen molar-refractivity contribution in [3.05, 3.63) is 94.9 Å². The van der Waals surface area contributed by atoms with Gasteiger partial charge in [-0.2, -0.15) is 0 Å². The van der Waals surface area contributed by atoms with E-state index in [0.717, 1.165) is 24.5 Å². The van der Waals surface area contributed by atoms with Crippen LogP contribution < -0.4 is 10.2 Å². The molecular formula is C24H22FN3O3. The molecule has 1 N–H and O–H groups in total. The van der Waals surface area contributed by atoms with Gasteiger partial charge in [-0.15, -0.1) is 0 Å². The zero-order valence-electron chi connectivity index (χ0n) is 16.9. The summed E-state index contributed by atoms with van der Waals surface area (Å²) in [4.78, 5) is 32.3. The third-order valence-electron chi connectivity index (χ3n) is 5.12. The van der Waals surface area contributed by atoms with Gasteiger partial charge >= 0.3 is 0 Å². The third kappa shape index (κ3) is 4.95. The maximum Gasteiger partial charge on any atom is 0.252 e. The number of nitrogens with one attached hydrogen (secondary N) is 1. The van der Waals surface area contributed by atoms with Crippen LogP contribution >= 0.6 is 0 Å². The van der Waals surface area contributed by atoms with Crippen molar-refractivity contribution in [1.82, 2.24) is 10.3 Å². The maximum absolute atomic E-state index is 13.2. The number of anilines is 1. The van der Waals surface area contributed by atoms with Gasteiger partial charge in [0.25, 0.3) is 5.91 Å². The lowest BCUT2D eigenvalue weighted by Gasteiger charge is -2.28. The van der Waals surface area contributed by atoms with Gasteiger partial charge in [0.05, 0.1) is 18.8 Å². The van der Waals surface area contributed by atoms with Gasteiger partial charge in [-0.1, -0.05) is 18.2 Å². The van der Waals surface area contributed by atoms with Crippen molar-refractivity contribution in [2.45, 2.75) is 6.54 Å². The molecule has 0 atom stereocenters. The number of amides is 1. The summed E-state index contributed by atoms with van der Waals surface area (Å²) in [6.45, 7) is 3.20. The Hall–Kier alpha value is -3.58. The van der Waals surface area contributed by atoms with Crippen LogP contribution in [0.25, 0.3) is 0 Å². The van der Waals surface area contributed by atoms with E-state index in [2.05, 4.69) is 15.2 Å². The van der Waals surface area contributed by atoms with Crippen LogP contribution in [-0.4, -0.2) is 43.0 Å². The fraction of sp³-hybridized carbons (Fsp3) is 0.208. The van der Waals surface area contributed by atoms with E-state index in [1.807, 2.05) is 12.1 Å². The summed E-state index contributed by atoms with van der Waals surface area (Å²) in [5.41, 5.74) is 1.78. The molecule has 2 heterocycles. The van der Waals surface area contributed by atoms with Crippen molar-refractivity contribution in [2.24, 2.45) is 0 Å². The van der Waals surface area contributed by atoms with E-state index in [0.29, 0.717) is 25.3 Å². The van der Waals surface area contributed by atoms with Crippen LogP contribution in [0, 0.1) is 5.82 Å². The highest BCUT2D eigenvalue weighted by molar-refractivity contribution is 6.15. The summed E-state index contributed by atoms with van der Waals surface area (Å²) >= 11 is 0. The predicted octanol–water partition coefficient (Wildman–Crippen LogP) is 3.22. The van der Waals surface area contributed by atoms with Crippen molar-refractivity contribution in [3.8, 4) is 0 Å². The predicted molar refractivity (Wildman–Crippen MR) is 115 cm³/mol. The molecule has 31 heavy (non-hydrogen) atoms. The number of ether oxygens (including phenoxy) is 1. The molecule has 1 saturated heterocycles. The monoisotopic (exact) mass is 419 g/mol. The summed E-state index contributed by atoms with van der Waals surface area (Å²) in [6.07, 6.45) is 1.72. The van der Waals surface area contributed by atoms with Crippen LogP contribution in [0.5, 0.6) is 0 Å². The number of benzene rings is 2. The minimum Gasteiger partial charge on any atom is -0.378 e. The Bertz CT molecular complexity index is 1080. The number of carbonyl (C=O) groups excluding carboxylic acids is 2. The maximum atomic E-state index is 13.2. The first-order chi connectivity index (χ1) is 15.1. The molecule has 1 aliphatic rings. The van der Waals surface area contributed by atoms with Gasteiger partial charge in [0.2, 0.25) is 0 Å². The van der Waals surface area contributed by atoms with E-state index >= 15 is 0 Å². The van der Waals surface area contributed by atoms with Crippen molar-refractivity contribution < 1.29 is 18.7 Å². The standard InChI is InChI=1S/C24H22FN3O3/c25-19-7-5-18(6-8-19)23(29)20-3-1-2-4-21(20)24(30)27-16-17-9-10-26-22(15-17)28-11-13-31-14-12-28/h1-10,15H,11-14,16H2,(H,27,30). The molecule has 1 aromatic heterocycles. The number of pyridine rings is 1. The van der Waals surface area contributed by atoms with Crippen molar-refractivity contribution in [2.75, 3.05) is 31.2 Å². The van der Waals surface area contributed by atoms with Gasteiger partial charge < -0.3 is 15.0 Å². The molecule has 3 aromatic rings. The lowest BCUT2D eigenvalue weighted by molar-refractivity contribution is 0.0939. The van der Waals surface area contributed by atoms with Crippen molar-refractivity contribution >= 4 is 17.5 Å². The number of ketones is 1. The van der Waals surface area contributed by atoms with Crippen LogP contribution in [0.1, 0.15) is 31.8 Å². The number of morpholine rings is 1. The Morgan fingerprint density at radius 2 is 1.71 bits per heavy atom. The second-order valence-electron chi connectivity index (χ2n) is 7.19. The molecule has 0 bridgehead atoms. The van der Waals surface area contributed by atoms with Crippen LogP contribution in [0.4, 0.5) is 10.2 Å². The van der Waals surface area contributed by atoms with Gasteiger partial charge in [0.15, 0.2) is 5.78 Å². The van der Waals surface area contributed by atoms with Gasteiger partial charge in [0, 0.05) is 37.0 Å². The average Bonchev–Trinajstić information content (AvgIpc) is 2.83. The Morgan fingerprint density at radius 3 is 2.45 bits per heavy atom. The Morgan fingerprint density at radius 1 is 1.00 bits per heavy atom. The summed E-state index contributed by atoms with van der Waals surface area (Å²) < 4.78 is 18.6. The largest absolute Gasteiger partial charge is 0.378 e. The molecule has 0 radical (unpaired) electrons. The summed E-state index contributed by atoms with van der Waals surface area (Å²) in [5, 5.41) is 2.88. The topological polar surface area (TPSA) is 71.5 Å². The highest BCUT2D eigenvalue weighted by Gasteiger charge is 2.18. The number of halogens is 1. The smallest absolute Gasteiger partial charge is 0.252 e. The minimum atomic E-state index is -0.420. The summed E-state index contributed by atoms with van der Waals surface area (Å²) in [6, 6.07) is 15.7. The molecule has 0 aliphatic carbocycles. The molecule has 1 aliphatic heterocycles. The first kappa shape index (κ1) is 20.7. The SMILES string of the molecule is O=C(NCc1ccnc(N2CCOCC2)c1)c1ccccc1C(=O)c1ccc(F)cc1. The van der Waals surface area contributed by atoms with Crippen LogP contribution in [0.3, 0.4) is 0 Å². The molecule has 0 spiro atoms. The van der Waals surface area contributed by atoms with Gasteiger partial charge in [-0.05, 0) is 48.0 Å². The second-order valence-corrected chi connectivity index (χ2v) is 7.19. The van der Waals surface area contributed by atoms with Crippen LogP contribution in [0.15, 0.2) is 66.9 Å². The fourth-order valence-corrected chi connectivity index (χ4v) is 3.45. The molecule has 2 aromatic carbocycles.